The molecule has 0 radical (unpaired) electrons. The van der Waals surface area contributed by atoms with Gasteiger partial charge in [-0.1, -0.05) is 6.07 Å². The van der Waals surface area contributed by atoms with Crippen LogP contribution in [0.4, 0.5) is 14.5 Å². The fourth-order valence-electron chi connectivity index (χ4n) is 3.42. The minimum Gasteiger partial charge on any atom is -0.493 e. The van der Waals surface area contributed by atoms with E-state index in [1.165, 1.54) is 35.9 Å². The molecule has 3 aromatic rings. The molecule has 1 aliphatic rings. The number of hydrogen-bond donors (Lipinski definition) is 0. The van der Waals surface area contributed by atoms with Gasteiger partial charge in [0, 0.05) is 18.7 Å². The monoisotopic (exact) mass is 415 g/mol. The van der Waals surface area contributed by atoms with E-state index in [4.69, 9.17) is 4.74 Å². The first kappa shape index (κ1) is 19.5. The highest BCUT2D eigenvalue weighted by Gasteiger charge is 2.22. The molecule has 0 atom stereocenters. The van der Waals surface area contributed by atoms with Gasteiger partial charge in [0.15, 0.2) is 11.5 Å². The molecule has 1 aliphatic heterocycles. The van der Waals surface area contributed by atoms with Gasteiger partial charge in [0.05, 0.1) is 22.9 Å². The average Bonchev–Trinajstić information content (AvgIpc) is 3.11. The van der Waals surface area contributed by atoms with E-state index in [1.807, 2.05) is 0 Å². The van der Waals surface area contributed by atoms with Gasteiger partial charge in [0.1, 0.15) is 5.82 Å². The summed E-state index contributed by atoms with van der Waals surface area (Å²) in [4.78, 5) is 27.7. The predicted octanol–water partition coefficient (Wildman–Crippen LogP) is 3.86. The second-order valence-electron chi connectivity index (χ2n) is 6.56. The number of fused-ring (bicyclic) bond motifs is 2. The molecule has 10 heteroatoms. The summed E-state index contributed by atoms with van der Waals surface area (Å²) in [6.45, 7) is -2.58. The van der Waals surface area contributed by atoms with E-state index >= 15 is 0 Å². The van der Waals surface area contributed by atoms with E-state index in [9.17, 15) is 23.7 Å². The van der Waals surface area contributed by atoms with Crippen molar-refractivity contribution in [2.24, 2.45) is 0 Å². The van der Waals surface area contributed by atoms with Crippen molar-refractivity contribution in [2.75, 3.05) is 7.11 Å². The van der Waals surface area contributed by atoms with Crippen molar-refractivity contribution in [3.63, 3.8) is 0 Å². The number of hydrogen-bond acceptors (Lipinski definition) is 6. The third-order valence-corrected chi connectivity index (χ3v) is 4.79. The SMILES string of the molecule is COc1cc(/C=C2\CCn3c2nc2ccc([N+](=O)[O-])cc2c3=O)ccc1OC(F)F. The van der Waals surface area contributed by atoms with Gasteiger partial charge in [-0.15, -0.1) is 0 Å². The fraction of sp³-hybridized carbons (Fsp3) is 0.200. The number of aromatic nitrogens is 2. The van der Waals surface area contributed by atoms with Crippen LogP contribution in [0.1, 0.15) is 17.8 Å². The highest BCUT2D eigenvalue weighted by Crippen LogP contribution is 2.33. The summed E-state index contributed by atoms with van der Waals surface area (Å²) >= 11 is 0. The van der Waals surface area contributed by atoms with E-state index in [-0.39, 0.29) is 28.1 Å². The summed E-state index contributed by atoms with van der Waals surface area (Å²) in [7, 11) is 1.35. The third kappa shape index (κ3) is 3.47. The standard InChI is InChI=1S/C20H15F2N3O5/c1-29-17-9-11(2-5-16(17)30-20(21)22)8-12-6-7-24-18(12)23-15-4-3-13(25(27)28)10-14(15)19(24)26/h2-5,8-10,20H,6-7H2,1H3/b12-8+. The largest absolute Gasteiger partial charge is 0.493 e. The number of halogens is 2. The number of benzene rings is 2. The van der Waals surface area contributed by atoms with Gasteiger partial charge in [-0.3, -0.25) is 19.5 Å². The van der Waals surface area contributed by atoms with Gasteiger partial charge >= 0.3 is 6.61 Å². The van der Waals surface area contributed by atoms with E-state index in [0.29, 0.717) is 29.9 Å². The summed E-state index contributed by atoms with van der Waals surface area (Å²) < 4.78 is 36.0. The van der Waals surface area contributed by atoms with Crippen LogP contribution in [-0.4, -0.2) is 28.2 Å². The Bertz CT molecular complexity index is 1250. The van der Waals surface area contributed by atoms with Crippen LogP contribution in [0.15, 0.2) is 41.2 Å². The zero-order valence-electron chi connectivity index (χ0n) is 15.7. The maximum atomic E-state index is 12.8. The van der Waals surface area contributed by atoms with Gasteiger partial charge in [-0.05, 0) is 41.8 Å². The van der Waals surface area contributed by atoms with Gasteiger partial charge < -0.3 is 9.47 Å². The lowest BCUT2D eigenvalue weighted by atomic mass is 10.1. The van der Waals surface area contributed by atoms with Crippen LogP contribution in [0.3, 0.4) is 0 Å². The number of nitro benzene ring substituents is 1. The molecule has 0 aliphatic carbocycles. The minimum atomic E-state index is -2.97. The van der Waals surface area contributed by atoms with Gasteiger partial charge in [-0.2, -0.15) is 8.78 Å². The maximum Gasteiger partial charge on any atom is 0.387 e. The molecule has 0 unspecified atom stereocenters. The topological polar surface area (TPSA) is 96.5 Å². The van der Waals surface area contributed by atoms with Crippen molar-refractivity contribution >= 4 is 28.2 Å². The molecule has 0 bridgehead atoms. The van der Waals surface area contributed by atoms with Crippen molar-refractivity contribution in [1.29, 1.82) is 0 Å². The molecule has 154 valence electrons. The normalized spacial score (nSPS) is 14.3. The van der Waals surface area contributed by atoms with Crippen LogP contribution in [0.2, 0.25) is 0 Å². The fourth-order valence-corrected chi connectivity index (χ4v) is 3.42. The molecule has 0 saturated carbocycles. The third-order valence-electron chi connectivity index (χ3n) is 4.79. The Morgan fingerprint density at radius 2 is 2.03 bits per heavy atom. The van der Waals surface area contributed by atoms with Crippen LogP contribution in [0.25, 0.3) is 22.6 Å². The number of alkyl halides is 2. The summed E-state index contributed by atoms with van der Waals surface area (Å²) in [6.07, 6.45) is 2.31. The van der Waals surface area contributed by atoms with Crippen LogP contribution in [-0.2, 0) is 6.54 Å². The molecule has 8 nitrogen and oxygen atoms in total. The molecule has 2 aromatic carbocycles. The van der Waals surface area contributed by atoms with Gasteiger partial charge in [0.2, 0.25) is 0 Å². The number of methoxy groups -OCH3 is 1. The van der Waals surface area contributed by atoms with Crippen molar-refractivity contribution in [1.82, 2.24) is 9.55 Å². The summed E-state index contributed by atoms with van der Waals surface area (Å²) in [5, 5.41) is 11.2. The number of allylic oxidation sites excluding steroid dienone is 1. The van der Waals surface area contributed by atoms with E-state index in [0.717, 1.165) is 5.57 Å². The Kier molecular flexibility index (Phi) is 4.90. The highest BCUT2D eigenvalue weighted by molar-refractivity contribution is 5.86. The molecule has 0 spiro atoms. The number of ether oxygens (including phenoxy) is 2. The number of nitro groups is 1. The zero-order valence-corrected chi connectivity index (χ0v) is 15.7. The molecule has 0 amide bonds. The van der Waals surface area contributed by atoms with Crippen LogP contribution < -0.4 is 15.0 Å². The Balaban J connectivity index is 1.77. The quantitative estimate of drug-likeness (QED) is 0.464. The lowest BCUT2D eigenvalue weighted by Crippen LogP contribution is -2.20. The molecule has 2 heterocycles. The van der Waals surface area contributed by atoms with Crippen molar-refractivity contribution < 1.29 is 23.2 Å². The Hall–Kier alpha value is -3.82. The molecule has 1 aromatic heterocycles. The first-order valence-electron chi connectivity index (χ1n) is 8.90. The van der Waals surface area contributed by atoms with Crippen LogP contribution >= 0.6 is 0 Å². The first-order valence-corrected chi connectivity index (χ1v) is 8.90. The number of non-ortho nitro benzene ring substituents is 1. The minimum absolute atomic E-state index is 0.0802. The van der Waals surface area contributed by atoms with Crippen molar-refractivity contribution in [3.05, 3.63) is 68.3 Å². The van der Waals surface area contributed by atoms with E-state index < -0.39 is 11.5 Å². The van der Waals surface area contributed by atoms with Crippen molar-refractivity contribution in [2.45, 2.75) is 19.6 Å². The molecule has 30 heavy (non-hydrogen) atoms. The van der Waals surface area contributed by atoms with E-state index in [2.05, 4.69) is 9.72 Å². The highest BCUT2D eigenvalue weighted by atomic mass is 19.3. The average molecular weight is 415 g/mol. The predicted molar refractivity (Wildman–Crippen MR) is 105 cm³/mol. The second-order valence-corrected chi connectivity index (χ2v) is 6.56. The summed E-state index contributed by atoms with van der Waals surface area (Å²) in [5.41, 5.74) is 1.28. The Morgan fingerprint density at radius 1 is 1.23 bits per heavy atom. The van der Waals surface area contributed by atoms with Gasteiger partial charge in [-0.25, -0.2) is 4.98 Å². The van der Waals surface area contributed by atoms with Crippen molar-refractivity contribution in [3.8, 4) is 11.5 Å². The smallest absolute Gasteiger partial charge is 0.387 e. The molecular formula is C20H15F2N3O5. The Labute approximate surface area is 168 Å². The molecule has 0 saturated heterocycles. The lowest BCUT2D eigenvalue weighted by Gasteiger charge is -2.10. The second kappa shape index (κ2) is 7.54. The van der Waals surface area contributed by atoms with E-state index in [1.54, 1.807) is 18.2 Å². The van der Waals surface area contributed by atoms with Gasteiger partial charge in [0.25, 0.3) is 11.2 Å². The summed E-state index contributed by atoms with van der Waals surface area (Å²) in [5.74, 6) is 0.537. The Morgan fingerprint density at radius 3 is 2.73 bits per heavy atom. The number of nitrogens with zero attached hydrogens (tertiary/aromatic N) is 3. The first-order chi connectivity index (χ1) is 14.4. The molecule has 4 rings (SSSR count). The number of rotatable bonds is 5. The molecule has 0 fully saturated rings. The molecular weight excluding hydrogens is 400 g/mol. The lowest BCUT2D eigenvalue weighted by molar-refractivity contribution is -0.384. The molecule has 0 N–H and O–H groups in total. The zero-order chi connectivity index (χ0) is 21.4. The maximum absolute atomic E-state index is 12.8. The van der Waals surface area contributed by atoms with Crippen LogP contribution in [0, 0.1) is 10.1 Å². The summed E-state index contributed by atoms with van der Waals surface area (Å²) in [6, 6.07) is 8.51. The van der Waals surface area contributed by atoms with Crippen LogP contribution in [0.5, 0.6) is 11.5 Å².